The summed E-state index contributed by atoms with van der Waals surface area (Å²) in [4.78, 5) is 51.5. The first-order valence-electron chi connectivity index (χ1n) is 7.59. The number of amides is 2. The topological polar surface area (TPSA) is 111 Å². The monoisotopic (exact) mass is 350 g/mol. The van der Waals surface area contributed by atoms with Crippen LogP contribution in [-0.2, 0) is 35.3 Å². The second-order valence-electron chi connectivity index (χ2n) is 5.13. The fraction of sp³-hybridized carbons (Fsp3) is 0.375. The molecule has 1 heterocycles. The summed E-state index contributed by atoms with van der Waals surface area (Å²) in [5, 5.41) is 2.87. The molecule has 0 radical (unpaired) electrons. The predicted molar refractivity (Wildman–Crippen MR) is 82.6 cm³/mol. The maximum atomic E-state index is 12.0. The molecule has 1 saturated heterocycles. The van der Waals surface area contributed by atoms with Crippen molar-refractivity contribution in [3.63, 3.8) is 0 Å². The largest absolute Gasteiger partial charge is 0.464 e. The van der Waals surface area contributed by atoms with Crippen LogP contribution in [0.3, 0.4) is 0 Å². The SMILES string of the molecule is CCOC(=O)[C@@H]1[C@H](NC(=O)OCc2ccccc2)C(=O)N1OC(C)=O. The van der Waals surface area contributed by atoms with E-state index in [1.165, 1.54) is 0 Å². The lowest BCUT2D eigenvalue weighted by atomic mass is 9.98. The zero-order valence-corrected chi connectivity index (χ0v) is 13.8. The summed E-state index contributed by atoms with van der Waals surface area (Å²) in [6, 6.07) is 6.48. The average Bonchev–Trinajstić information content (AvgIpc) is 2.59. The maximum absolute atomic E-state index is 12.0. The third kappa shape index (κ3) is 4.46. The lowest BCUT2D eigenvalue weighted by Gasteiger charge is -2.42. The van der Waals surface area contributed by atoms with Gasteiger partial charge in [0.25, 0.3) is 5.91 Å². The van der Waals surface area contributed by atoms with Gasteiger partial charge in [-0.3, -0.25) is 9.59 Å². The molecule has 0 bridgehead atoms. The van der Waals surface area contributed by atoms with E-state index in [2.05, 4.69) is 10.2 Å². The summed E-state index contributed by atoms with van der Waals surface area (Å²) in [6.45, 7) is 2.75. The molecular formula is C16H18N2O7. The Kier molecular flexibility index (Phi) is 5.93. The fourth-order valence-corrected chi connectivity index (χ4v) is 2.19. The maximum Gasteiger partial charge on any atom is 0.408 e. The summed E-state index contributed by atoms with van der Waals surface area (Å²) in [6.07, 6.45) is -0.876. The highest BCUT2D eigenvalue weighted by atomic mass is 16.7. The van der Waals surface area contributed by atoms with E-state index in [0.29, 0.717) is 5.06 Å². The number of carbonyl (C=O) groups is 4. The van der Waals surface area contributed by atoms with Crippen LogP contribution in [0.2, 0.25) is 0 Å². The molecule has 0 spiro atoms. The van der Waals surface area contributed by atoms with Gasteiger partial charge in [-0.05, 0) is 12.5 Å². The molecule has 0 unspecified atom stereocenters. The number of hydroxylamine groups is 2. The Bertz CT molecular complexity index is 662. The number of nitrogens with zero attached hydrogens (tertiary/aromatic N) is 1. The highest BCUT2D eigenvalue weighted by Gasteiger charge is 2.56. The number of nitrogens with one attached hydrogen (secondary N) is 1. The summed E-state index contributed by atoms with van der Waals surface area (Å²) in [5.41, 5.74) is 0.765. The van der Waals surface area contributed by atoms with Crippen LogP contribution in [-0.4, -0.2) is 47.7 Å². The molecule has 1 fully saturated rings. The van der Waals surface area contributed by atoms with Gasteiger partial charge in [-0.25, -0.2) is 9.59 Å². The number of alkyl carbamates (subject to hydrolysis) is 1. The molecule has 1 N–H and O–H groups in total. The third-order valence-corrected chi connectivity index (χ3v) is 3.29. The van der Waals surface area contributed by atoms with E-state index in [1.807, 2.05) is 6.07 Å². The number of hydrogen-bond acceptors (Lipinski definition) is 7. The van der Waals surface area contributed by atoms with Crippen molar-refractivity contribution in [2.45, 2.75) is 32.5 Å². The number of rotatable bonds is 6. The molecule has 1 aliphatic rings. The van der Waals surface area contributed by atoms with E-state index < -0.39 is 36.0 Å². The zero-order chi connectivity index (χ0) is 18.4. The van der Waals surface area contributed by atoms with Crippen LogP contribution < -0.4 is 5.32 Å². The Labute approximate surface area is 143 Å². The Hall–Kier alpha value is -3.10. The first-order valence-corrected chi connectivity index (χ1v) is 7.59. The van der Waals surface area contributed by atoms with Gasteiger partial charge < -0.3 is 19.6 Å². The van der Waals surface area contributed by atoms with Gasteiger partial charge in [0, 0.05) is 6.92 Å². The highest BCUT2D eigenvalue weighted by Crippen LogP contribution is 2.22. The number of benzene rings is 1. The van der Waals surface area contributed by atoms with Crippen molar-refractivity contribution in [2.75, 3.05) is 6.61 Å². The van der Waals surface area contributed by atoms with Crippen molar-refractivity contribution >= 4 is 23.9 Å². The van der Waals surface area contributed by atoms with Crippen LogP contribution >= 0.6 is 0 Å². The molecule has 9 heteroatoms. The summed E-state index contributed by atoms with van der Waals surface area (Å²) < 4.78 is 9.84. The van der Waals surface area contributed by atoms with Crippen LogP contribution in [0.25, 0.3) is 0 Å². The number of β-lactam (4-membered cyclic amide) rings is 1. The van der Waals surface area contributed by atoms with Crippen LogP contribution in [0.4, 0.5) is 4.79 Å². The zero-order valence-electron chi connectivity index (χ0n) is 13.8. The molecule has 2 atom stereocenters. The number of hydrogen-bond donors (Lipinski definition) is 1. The van der Waals surface area contributed by atoms with Gasteiger partial charge in [-0.1, -0.05) is 30.3 Å². The van der Waals surface area contributed by atoms with E-state index >= 15 is 0 Å². The van der Waals surface area contributed by atoms with Crippen molar-refractivity contribution < 1.29 is 33.5 Å². The molecule has 9 nitrogen and oxygen atoms in total. The van der Waals surface area contributed by atoms with Crippen molar-refractivity contribution in [1.82, 2.24) is 10.4 Å². The smallest absolute Gasteiger partial charge is 0.408 e. The summed E-state index contributed by atoms with van der Waals surface area (Å²) in [5.74, 6) is -2.31. The van der Waals surface area contributed by atoms with Gasteiger partial charge in [0.05, 0.1) is 6.61 Å². The molecule has 2 rings (SSSR count). The second kappa shape index (κ2) is 8.13. The minimum atomic E-state index is -1.25. The van der Waals surface area contributed by atoms with Crippen molar-refractivity contribution in [2.24, 2.45) is 0 Å². The Morgan fingerprint density at radius 3 is 2.44 bits per heavy atom. The van der Waals surface area contributed by atoms with Crippen LogP contribution in [0.15, 0.2) is 30.3 Å². The van der Waals surface area contributed by atoms with Gasteiger partial charge in [0.15, 0.2) is 6.04 Å². The van der Waals surface area contributed by atoms with Crippen LogP contribution in [0, 0.1) is 0 Å². The molecule has 0 saturated carbocycles. The molecule has 0 aliphatic carbocycles. The molecule has 1 aromatic rings. The van der Waals surface area contributed by atoms with Gasteiger partial charge in [0.1, 0.15) is 12.6 Å². The molecule has 25 heavy (non-hydrogen) atoms. The van der Waals surface area contributed by atoms with E-state index in [9.17, 15) is 19.2 Å². The second-order valence-corrected chi connectivity index (χ2v) is 5.13. The fourth-order valence-electron chi connectivity index (χ4n) is 2.19. The van der Waals surface area contributed by atoms with E-state index in [4.69, 9.17) is 9.47 Å². The Morgan fingerprint density at radius 2 is 1.84 bits per heavy atom. The molecule has 1 aliphatic heterocycles. The Balaban J connectivity index is 1.96. The summed E-state index contributed by atoms with van der Waals surface area (Å²) >= 11 is 0. The van der Waals surface area contributed by atoms with Crippen molar-refractivity contribution in [3.8, 4) is 0 Å². The standard InChI is InChI=1S/C16H18N2O7/c1-3-23-15(21)13-12(14(20)18(13)25-10(2)19)17-16(22)24-9-11-7-5-4-6-8-11/h4-8,12-13H,3,9H2,1-2H3,(H,17,22)/t12-,13-/m0/s1. The summed E-state index contributed by atoms with van der Waals surface area (Å²) in [7, 11) is 0. The minimum Gasteiger partial charge on any atom is -0.464 e. The first-order chi connectivity index (χ1) is 11.9. The third-order valence-electron chi connectivity index (χ3n) is 3.29. The normalized spacial score (nSPS) is 18.8. The molecule has 1 aromatic carbocycles. The molecule has 2 amide bonds. The minimum absolute atomic E-state index is 0.00527. The van der Waals surface area contributed by atoms with Crippen LogP contribution in [0.5, 0.6) is 0 Å². The Morgan fingerprint density at radius 1 is 1.16 bits per heavy atom. The van der Waals surface area contributed by atoms with E-state index in [1.54, 1.807) is 31.2 Å². The predicted octanol–water partition coefficient (Wildman–Crippen LogP) is 0.533. The molecular weight excluding hydrogens is 332 g/mol. The van der Waals surface area contributed by atoms with Gasteiger partial charge in [-0.2, -0.15) is 5.06 Å². The first kappa shape index (κ1) is 18.2. The molecule has 0 aromatic heterocycles. The van der Waals surface area contributed by atoms with Crippen molar-refractivity contribution in [3.05, 3.63) is 35.9 Å². The van der Waals surface area contributed by atoms with Gasteiger partial charge in [-0.15, -0.1) is 0 Å². The van der Waals surface area contributed by atoms with Gasteiger partial charge in [0.2, 0.25) is 0 Å². The lowest BCUT2D eigenvalue weighted by molar-refractivity contribution is -0.234. The van der Waals surface area contributed by atoms with Crippen LogP contribution in [0.1, 0.15) is 19.4 Å². The van der Waals surface area contributed by atoms with E-state index in [0.717, 1.165) is 12.5 Å². The number of carbonyl (C=O) groups excluding carboxylic acids is 4. The van der Waals surface area contributed by atoms with Gasteiger partial charge >= 0.3 is 18.0 Å². The quantitative estimate of drug-likeness (QED) is 0.588. The number of ether oxygens (including phenoxy) is 2. The van der Waals surface area contributed by atoms with E-state index in [-0.39, 0.29) is 13.2 Å². The molecule has 134 valence electrons. The van der Waals surface area contributed by atoms with Crippen molar-refractivity contribution in [1.29, 1.82) is 0 Å². The lowest BCUT2D eigenvalue weighted by Crippen LogP contribution is -2.73. The number of esters is 1. The highest BCUT2D eigenvalue weighted by molar-refractivity contribution is 6.01. The average molecular weight is 350 g/mol.